The molecular weight excluding hydrogens is 321 g/mol. The standard InChI is InChI=1S/C14H17F3N2O2.ClH/c1-19(10-6-7-18-8-10)13(20)11-4-2-3-5-12(11)21-9-14(15,16)17;/h2-5,10,18H,6-9H2,1H3;1H. The fourth-order valence-electron chi connectivity index (χ4n) is 2.25. The molecule has 1 saturated heterocycles. The zero-order valence-corrected chi connectivity index (χ0v) is 12.8. The highest BCUT2D eigenvalue weighted by atomic mass is 35.5. The summed E-state index contributed by atoms with van der Waals surface area (Å²) in [5.74, 6) is -0.376. The van der Waals surface area contributed by atoms with E-state index in [1.165, 1.54) is 12.1 Å². The van der Waals surface area contributed by atoms with Crippen LogP contribution in [-0.4, -0.2) is 49.8 Å². The van der Waals surface area contributed by atoms with Gasteiger partial charge in [-0.25, -0.2) is 0 Å². The maximum Gasteiger partial charge on any atom is 0.422 e. The van der Waals surface area contributed by atoms with Crippen molar-refractivity contribution in [3.63, 3.8) is 0 Å². The van der Waals surface area contributed by atoms with Crippen molar-refractivity contribution in [3.8, 4) is 5.75 Å². The average molecular weight is 339 g/mol. The van der Waals surface area contributed by atoms with Gasteiger partial charge >= 0.3 is 6.18 Å². The monoisotopic (exact) mass is 338 g/mol. The van der Waals surface area contributed by atoms with E-state index in [1.807, 2.05) is 0 Å². The summed E-state index contributed by atoms with van der Waals surface area (Å²) in [6.45, 7) is 0.105. The Kier molecular flexibility index (Phi) is 6.49. The van der Waals surface area contributed by atoms with Gasteiger partial charge in [0.15, 0.2) is 6.61 Å². The molecule has 1 aromatic carbocycles. The Hall–Kier alpha value is -1.47. The van der Waals surface area contributed by atoms with Crippen LogP contribution in [-0.2, 0) is 0 Å². The van der Waals surface area contributed by atoms with E-state index < -0.39 is 12.8 Å². The number of benzene rings is 1. The molecule has 1 aliphatic heterocycles. The number of hydrogen-bond donors (Lipinski definition) is 1. The Morgan fingerprint density at radius 2 is 2.09 bits per heavy atom. The molecule has 8 heteroatoms. The third-order valence-corrected chi connectivity index (χ3v) is 3.41. The van der Waals surface area contributed by atoms with Crippen molar-refractivity contribution >= 4 is 18.3 Å². The second-order valence-electron chi connectivity index (χ2n) is 4.96. The number of nitrogens with zero attached hydrogens (tertiary/aromatic N) is 1. The summed E-state index contributed by atoms with van der Waals surface area (Å²) in [4.78, 5) is 14.0. The van der Waals surface area contributed by atoms with Gasteiger partial charge < -0.3 is 15.0 Å². The minimum Gasteiger partial charge on any atom is -0.483 e. The smallest absolute Gasteiger partial charge is 0.422 e. The molecule has 22 heavy (non-hydrogen) atoms. The number of halogens is 4. The molecule has 0 saturated carbocycles. The van der Waals surface area contributed by atoms with E-state index in [-0.39, 0.29) is 35.7 Å². The van der Waals surface area contributed by atoms with Crippen molar-refractivity contribution in [2.45, 2.75) is 18.6 Å². The van der Waals surface area contributed by atoms with Gasteiger partial charge in [-0.2, -0.15) is 13.2 Å². The molecule has 1 N–H and O–H groups in total. The van der Waals surface area contributed by atoms with E-state index in [0.29, 0.717) is 6.54 Å². The van der Waals surface area contributed by atoms with E-state index in [2.05, 4.69) is 5.32 Å². The van der Waals surface area contributed by atoms with Crippen molar-refractivity contribution in [2.24, 2.45) is 0 Å². The molecule has 1 fully saturated rings. The van der Waals surface area contributed by atoms with Crippen molar-refractivity contribution in [3.05, 3.63) is 29.8 Å². The molecule has 2 rings (SSSR count). The van der Waals surface area contributed by atoms with Crippen molar-refractivity contribution < 1.29 is 22.7 Å². The van der Waals surface area contributed by atoms with Crippen LogP contribution in [0.2, 0.25) is 0 Å². The molecule has 124 valence electrons. The highest BCUT2D eigenvalue weighted by Gasteiger charge is 2.30. The van der Waals surface area contributed by atoms with Gasteiger partial charge in [0.05, 0.1) is 5.56 Å². The van der Waals surface area contributed by atoms with Crippen LogP contribution in [0.15, 0.2) is 24.3 Å². The number of rotatable bonds is 4. The second kappa shape index (κ2) is 7.69. The maximum absolute atomic E-state index is 12.4. The first-order valence-electron chi connectivity index (χ1n) is 6.65. The van der Waals surface area contributed by atoms with E-state index in [1.54, 1.807) is 24.1 Å². The SMILES string of the molecule is CN(C(=O)c1ccccc1OCC(F)(F)F)C1CCNC1.Cl. The minimum absolute atomic E-state index is 0. The zero-order valence-electron chi connectivity index (χ0n) is 12.0. The third kappa shape index (κ3) is 4.78. The van der Waals surface area contributed by atoms with Gasteiger partial charge in [0.2, 0.25) is 0 Å². The quantitative estimate of drug-likeness (QED) is 0.917. The predicted molar refractivity (Wildman–Crippen MR) is 78.6 cm³/mol. The molecule has 1 atom stereocenters. The first-order valence-corrected chi connectivity index (χ1v) is 6.65. The lowest BCUT2D eigenvalue weighted by Crippen LogP contribution is -2.38. The number of hydrogen-bond acceptors (Lipinski definition) is 3. The van der Waals surface area contributed by atoms with Crippen LogP contribution < -0.4 is 10.1 Å². The number of likely N-dealkylation sites (N-methyl/N-ethyl adjacent to an activating group) is 1. The number of carbonyl (C=O) groups excluding carboxylic acids is 1. The summed E-state index contributed by atoms with van der Waals surface area (Å²) in [5, 5.41) is 3.15. The summed E-state index contributed by atoms with van der Waals surface area (Å²) in [7, 11) is 1.65. The van der Waals surface area contributed by atoms with Gasteiger partial charge in [0.25, 0.3) is 5.91 Å². The summed E-state index contributed by atoms with van der Waals surface area (Å²) in [5.41, 5.74) is 0.149. The topological polar surface area (TPSA) is 41.6 Å². The lowest BCUT2D eigenvalue weighted by Gasteiger charge is -2.24. The van der Waals surface area contributed by atoms with E-state index in [9.17, 15) is 18.0 Å². The number of ether oxygens (including phenoxy) is 1. The Labute approximate surface area is 133 Å². The zero-order chi connectivity index (χ0) is 15.5. The second-order valence-corrected chi connectivity index (χ2v) is 4.96. The highest BCUT2D eigenvalue weighted by Crippen LogP contribution is 2.24. The molecule has 0 aromatic heterocycles. The van der Waals surface area contributed by atoms with Crippen LogP contribution in [0.4, 0.5) is 13.2 Å². The van der Waals surface area contributed by atoms with Crippen LogP contribution >= 0.6 is 12.4 Å². The van der Waals surface area contributed by atoms with Gasteiger partial charge in [0, 0.05) is 19.6 Å². The van der Waals surface area contributed by atoms with Crippen LogP contribution in [0, 0.1) is 0 Å². The summed E-state index contributed by atoms with van der Waals surface area (Å²) < 4.78 is 41.5. The van der Waals surface area contributed by atoms with E-state index in [0.717, 1.165) is 13.0 Å². The number of amides is 1. The summed E-state index contributed by atoms with van der Waals surface area (Å²) >= 11 is 0. The molecule has 0 spiro atoms. The fourth-order valence-corrected chi connectivity index (χ4v) is 2.25. The Balaban J connectivity index is 0.00000242. The largest absolute Gasteiger partial charge is 0.483 e. The number of nitrogens with one attached hydrogen (secondary N) is 1. The molecule has 0 aliphatic carbocycles. The van der Waals surface area contributed by atoms with Gasteiger partial charge in [0.1, 0.15) is 5.75 Å². The van der Waals surface area contributed by atoms with E-state index >= 15 is 0 Å². The lowest BCUT2D eigenvalue weighted by atomic mass is 10.1. The molecule has 1 aromatic rings. The Bertz CT molecular complexity index is 505. The lowest BCUT2D eigenvalue weighted by molar-refractivity contribution is -0.153. The third-order valence-electron chi connectivity index (χ3n) is 3.41. The Morgan fingerprint density at radius 3 is 2.68 bits per heavy atom. The minimum atomic E-state index is -4.43. The number of alkyl halides is 3. The molecule has 0 bridgehead atoms. The van der Waals surface area contributed by atoms with Crippen LogP contribution in [0.3, 0.4) is 0 Å². The molecule has 1 aliphatic rings. The predicted octanol–water partition coefficient (Wildman–Crippen LogP) is 2.48. The summed E-state index contributed by atoms with van der Waals surface area (Å²) in [6, 6.07) is 6.05. The van der Waals surface area contributed by atoms with Gasteiger partial charge in [-0.1, -0.05) is 12.1 Å². The van der Waals surface area contributed by atoms with Crippen LogP contribution in [0.25, 0.3) is 0 Å². The fraction of sp³-hybridized carbons (Fsp3) is 0.500. The number of carbonyl (C=O) groups is 1. The van der Waals surface area contributed by atoms with E-state index in [4.69, 9.17) is 4.74 Å². The molecule has 1 amide bonds. The molecular formula is C14H18ClF3N2O2. The average Bonchev–Trinajstić information content (AvgIpc) is 2.97. The van der Waals surface area contributed by atoms with Gasteiger partial charge in [-0.3, -0.25) is 4.79 Å². The van der Waals surface area contributed by atoms with Crippen molar-refractivity contribution in [1.29, 1.82) is 0 Å². The van der Waals surface area contributed by atoms with Crippen LogP contribution in [0.1, 0.15) is 16.8 Å². The van der Waals surface area contributed by atoms with Gasteiger partial charge in [-0.15, -0.1) is 12.4 Å². The first-order chi connectivity index (χ1) is 9.88. The first kappa shape index (κ1) is 18.6. The Morgan fingerprint density at radius 1 is 1.41 bits per heavy atom. The number of para-hydroxylation sites is 1. The normalized spacial score (nSPS) is 17.7. The van der Waals surface area contributed by atoms with Gasteiger partial charge in [-0.05, 0) is 25.1 Å². The van der Waals surface area contributed by atoms with Crippen molar-refractivity contribution in [1.82, 2.24) is 10.2 Å². The molecule has 1 heterocycles. The highest BCUT2D eigenvalue weighted by molar-refractivity contribution is 5.97. The maximum atomic E-state index is 12.4. The molecule has 4 nitrogen and oxygen atoms in total. The van der Waals surface area contributed by atoms with Crippen molar-refractivity contribution in [2.75, 3.05) is 26.7 Å². The molecule has 1 unspecified atom stereocenters. The molecule has 0 radical (unpaired) electrons. The summed E-state index contributed by atoms with van der Waals surface area (Å²) in [6.07, 6.45) is -3.61. The van der Waals surface area contributed by atoms with Crippen LogP contribution in [0.5, 0.6) is 5.75 Å².